The van der Waals surface area contributed by atoms with E-state index in [1.54, 1.807) is 15.0 Å². The van der Waals surface area contributed by atoms with Crippen LogP contribution in [0.3, 0.4) is 0 Å². The van der Waals surface area contributed by atoms with Crippen LogP contribution in [0.4, 0.5) is 0 Å². The molecule has 1 rings (SSSR count). The van der Waals surface area contributed by atoms with Gasteiger partial charge in [-0.2, -0.15) is 0 Å². The molecule has 0 unspecified atom stereocenters. The van der Waals surface area contributed by atoms with E-state index in [1.165, 1.54) is 0 Å². The summed E-state index contributed by atoms with van der Waals surface area (Å²) in [6.45, 7) is 0. The molecule has 0 saturated carbocycles. The van der Waals surface area contributed by atoms with E-state index in [-0.39, 0.29) is 12.8 Å². The Morgan fingerprint density at radius 3 is 1.21 bits per heavy atom. The van der Waals surface area contributed by atoms with Crippen molar-refractivity contribution in [2.45, 2.75) is 25.7 Å². The maximum absolute atomic E-state index is 10.2. The molecule has 10 nitrogen and oxygen atoms in total. The second-order valence-corrected chi connectivity index (χ2v) is 3.36. The lowest BCUT2D eigenvalue weighted by Gasteiger charge is -1.92. The molecule has 0 bridgehead atoms. The van der Waals surface area contributed by atoms with Gasteiger partial charge in [-0.25, -0.2) is 14.4 Å². The number of carboxylic acids is 2. The highest BCUT2D eigenvalue weighted by molar-refractivity contribution is 5.67. The summed E-state index contributed by atoms with van der Waals surface area (Å²) < 4.78 is 0. The first-order chi connectivity index (χ1) is 8.81. The zero-order chi connectivity index (χ0) is 14.8. The first-order valence-corrected chi connectivity index (χ1v) is 5.17. The smallest absolute Gasteiger partial charge is 0.330 e. The van der Waals surface area contributed by atoms with Crippen molar-refractivity contribution in [3.05, 3.63) is 31.5 Å². The van der Waals surface area contributed by atoms with Crippen LogP contribution >= 0.6 is 0 Å². The molecule has 106 valence electrons. The summed E-state index contributed by atoms with van der Waals surface area (Å²) in [5.74, 6) is -1.74. The van der Waals surface area contributed by atoms with E-state index >= 15 is 0 Å². The lowest BCUT2D eigenvalue weighted by molar-refractivity contribution is -0.139. The predicted molar refractivity (Wildman–Crippen MR) is 62.0 cm³/mol. The summed E-state index contributed by atoms with van der Waals surface area (Å²) in [6.07, 6.45) is 1.02. The topological polar surface area (TPSA) is 173 Å². The SMILES string of the molecule is O=C(O)CCCCC(=O)O.O=c1[nH]c(=O)[nH]c(=O)[nH]1. The fourth-order valence-corrected chi connectivity index (χ4v) is 0.956. The molecule has 0 aliphatic rings. The van der Waals surface area contributed by atoms with Gasteiger partial charge in [0.1, 0.15) is 0 Å². The highest BCUT2D eigenvalue weighted by atomic mass is 16.4. The molecule has 0 atom stereocenters. The number of carbonyl (C=O) groups is 2. The number of nitrogens with one attached hydrogen (secondary N) is 3. The Morgan fingerprint density at radius 2 is 1.00 bits per heavy atom. The number of unbranched alkanes of at least 4 members (excludes halogenated alkanes) is 1. The third-order valence-electron chi connectivity index (χ3n) is 1.71. The van der Waals surface area contributed by atoms with Crippen LogP contribution in [0.15, 0.2) is 14.4 Å². The van der Waals surface area contributed by atoms with Crippen molar-refractivity contribution in [1.82, 2.24) is 15.0 Å². The maximum Gasteiger partial charge on any atom is 0.330 e. The molecule has 5 N–H and O–H groups in total. The molecule has 1 aromatic heterocycles. The van der Waals surface area contributed by atoms with Gasteiger partial charge in [-0.3, -0.25) is 24.5 Å². The van der Waals surface area contributed by atoms with Crippen molar-refractivity contribution in [3.8, 4) is 0 Å². The minimum Gasteiger partial charge on any atom is -0.481 e. The average molecular weight is 275 g/mol. The number of aromatic nitrogens is 3. The quantitative estimate of drug-likeness (QED) is 0.405. The minimum atomic E-state index is -0.870. The van der Waals surface area contributed by atoms with Crippen LogP contribution in [0.5, 0.6) is 0 Å². The Hall–Kier alpha value is -2.65. The van der Waals surface area contributed by atoms with Gasteiger partial charge in [-0.1, -0.05) is 0 Å². The Kier molecular flexibility index (Phi) is 7.26. The van der Waals surface area contributed by atoms with E-state index < -0.39 is 29.0 Å². The summed E-state index contributed by atoms with van der Waals surface area (Å²) in [4.78, 5) is 55.7. The molecule has 10 heteroatoms. The van der Waals surface area contributed by atoms with Gasteiger partial charge < -0.3 is 10.2 Å². The number of hydrogen-bond donors (Lipinski definition) is 5. The summed E-state index contributed by atoms with van der Waals surface area (Å²) in [5.41, 5.74) is -2.41. The lowest BCUT2D eigenvalue weighted by Crippen LogP contribution is -2.34. The zero-order valence-electron chi connectivity index (χ0n) is 9.76. The van der Waals surface area contributed by atoms with Gasteiger partial charge in [-0.15, -0.1) is 0 Å². The molecule has 1 heterocycles. The van der Waals surface area contributed by atoms with Crippen LogP contribution in [-0.4, -0.2) is 37.1 Å². The van der Waals surface area contributed by atoms with Gasteiger partial charge in [-0.05, 0) is 12.8 Å². The zero-order valence-corrected chi connectivity index (χ0v) is 9.76. The molecular formula is C9H13N3O7. The van der Waals surface area contributed by atoms with E-state index in [0.29, 0.717) is 12.8 Å². The largest absolute Gasteiger partial charge is 0.481 e. The molecule has 0 amide bonds. The van der Waals surface area contributed by atoms with Crippen molar-refractivity contribution in [1.29, 1.82) is 0 Å². The molecule has 19 heavy (non-hydrogen) atoms. The van der Waals surface area contributed by atoms with Crippen molar-refractivity contribution in [2.75, 3.05) is 0 Å². The van der Waals surface area contributed by atoms with Crippen LogP contribution in [0.1, 0.15) is 25.7 Å². The summed E-state index contributed by atoms with van der Waals surface area (Å²) in [5, 5.41) is 16.3. The Morgan fingerprint density at radius 1 is 0.737 bits per heavy atom. The first-order valence-electron chi connectivity index (χ1n) is 5.17. The van der Waals surface area contributed by atoms with E-state index in [1.807, 2.05) is 0 Å². The van der Waals surface area contributed by atoms with Crippen LogP contribution in [0, 0.1) is 0 Å². The molecular weight excluding hydrogens is 262 g/mol. The van der Waals surface area contributed by atoms with Crippen LogP contribution in [-0.2, 0) is 9.59 Å². The Balaban J connectivity index is 0.000000342. The molecule has 1 aromatic rings. The van der Waals surface area contributed by atoms with Gasteiger partial charge in [0.25, 0.3) is 0 Å². The van der Waals surface area contributed by atoms with Gasteiger partial charge in [0.15, 0.2) is 0 Å². The molecule has 0 radical (unpaired) electrons. The number of hydrogen-bond acceptors (Lipinski definition) is 5. The third kappa shape index (κ3) is 10.2. The van der Waals surface area contributed by atoms with Gasteiger partial charge in [0.2, 0.25) is 0 Å². The van der Waals surface area contributed by atoms with Gasteiger partial charge in [0, 0.05) is 12.8 Å². The molecule has 0 saturated heterocycles. The van der Waals surface area contributed by atoms with Crippen molar-refractivity contribution >= 4 is 11.9 Å². The van der Waals surface area contributed by atoms with Crippen LogP contribution < -0.4 is 17.1 Å². The molecule has 0 aliphatic heterocycles. The number of rotatable bonds is 5. The van der Waals surface area contributed by atoms with E-state index in [9.17, 15) is 24.0 Å². The molecule has 0 fully saturated rings. The van der Waals surface area contributed by atoms with Gasteiger partial charge in [0.05, 0.1) is 0 Å². The number of aromatic amines is 3. The van der Waals surface area contributed by atoms with Crippen LogP contribution in [0.25, 0.3) is 0 Å². The fourth-order valence-electron chi connectivity index (χ4n) is 0.956. The highest BCUT2D eigenvalue weighted by Gasteiger charge is 1.99. The average Bonchev–Trinajstić information content (AvgIpc) is 2.22. The second kappa shape index (κ2) is 8.44. The summed E-state index contributed by atoms with van der Waals surface area (Å²) >= 11 is 0. The van der Waals surface area contributed by atoms with Crippen molar-refractivity contribution in [3.63, 3.8) is 0 Å². The normalized spacial score (nSPS) is 9.26. The van der Waals surface area contributed by atoms with Crippen molar-refractivity contribution < 1.29 is 19.8 Å². The molecule has 0 spiro atoms. The third-order valence-corrected chi connectivity index (χ3v) is 1.71. The fraction of sp³-hybridized carbons (Fsp3) is 0.444. The minimum absolute atomic E-state index is 0.0628. The molecule has 0 aliphatic carbocycles. The first kappa shape index (κ1) is 16.4. The second-order valence-electron chi connectivity index (χ2n) is 3.36. The number of H-pyrrole nitrogens is 3. The Labute approximate surface area is 105 Å². The van der Waals surface area contributed by atoms with Gasteiger partial charge >= 0.3 is 29.0 Å². The Bertz CT molecular complexity index is 488. The van der Waals surface area contributed by atoms with Crippen molar-refractivity contribution in [2.24, 2.45) is 0 Å². The highest BCUT2D eigenvalue weighted by Crippen LogP contribution is 1.98. The van der Waals surface area contributed by atoms with Crippen LogP contribution in [0.2, 0.25) is 0 Å². The summed E-state index contributed by atoms with van der Waals surface area (Å²) in [7, 11) is 0. The monoisotopic (exact) mass is 275 g/mol. The molecule has 0 aromatic carbocycles. The standard InChI is InChI=1S/C6H10O4.C3H3N3O3/c7-5(8)3-1-2-4-6(9)10;7-1-4-2(8)6-3(9)5-1/h1-4H2,(H,7,8)(H,9,10);(H3,4,5,6,7,8,9). The number of carboxylic acid groups (broad SMARTS) is 2. The predicted octanol–water partition coefficient (Wildman–Crippen LogP) is -1.53. The van der Waals surface area contributed by atoms with E-state index in [2.05, 4.69) is 0 Å². The van der Waals surface area contributed by atoms with E-state index in [4.69, 9.17) is 10.2 Å². The van der Waals surface area contributed by atoms with E-state index in [0.717, 1.165) is 0 Å². The summed E-state index contributed by atoms with van der Waals surface area (Å²) in [6, 6.07) is 0. The lowest BCUT2D eigenvalue weighted by atomic mass is 10.2. The maximum atomic E-state index is 10.2. The number of aliphatic carboxylic acids is 2.